The molecule has 0 fully saturated rings. The monoisotopic (exact) mass is 314 g/mol. The molecule has 0 saturated heterocycles. The van der Waals surface area contributed by atoms with Gasteiger partial charge in [0, 0.05) is 25.1 Å². The molecule has 1 aromatic carbocycles. The lowest BCUT2D eigenvalue weighted by molar-refractivity contribution is -0.121. The first-order chi connectivity index (χ1) is 9.67. The van der Waals surface area contributed by atoms with Crippen LogP contribution in [-0.4, -0.2) is 19.1 Å². The van der Waals surface area contributed by atoms with Crippen LogP contribution in [0.15, 0.2) is 18.2 Å². The Kier molecular flexibility index (Phi) is 10.7. The molecular formula is C16H27ClN2O2. The third-order valence-electron chi connectivity index (χ3n) is 3.08. The summed E-state index contributed by atoms with van der Waals surface area (Å²) >= 11 is 0. The van der Waals surface area contributed by atoms with Gasteiger partial charge in [-0.3, -0.25) is 4.79 Å². The second-order valence-electron chi connectivity index (χ2n) is 4.98. The Morgan fingerprint density at radius 2 is 2.10 bits per heavy atom. The first kappa shape index (κ1) is 19.7. The molecule has 0 saturated carbocycles. The molecule has 0 unspecified atom stereocenters. The van der Waals surface area contributed by atoms with E-state index in [9.17, 15) is 4.79 Å². The summed E-state index contributed by atoms with van der Waals surface area (Å²) in [5, 5.41) is 2.86. The number of rotatable bonds is 9. The summed E-state index contributed by atoms with van der Waals surface area (Å²) in [6.07, 6.45) is 3.77. The van der Waals surface area contributed by atoms with Crippen LogP contribution in [0.4, 0.5) is 0 Å². The molecule has 5 heteroatoms. The number of aryl methyl sites for hydroxylation is 1. The summed E-state index contributed by atoms with van der Waals surface area (Å²) in [5.41, 5.74) is 7.53. The zero-order chi connectivity index (χ0) is 14.8. The van der Waals surface area contributed by atoms with Gasteiger partial charge < -0.3 is 15.8 Å². The lowest BCUT2D eigenvalue weighted by atomic mass is 10.1. The van der Waals surface area contributed by atoms with E-state index in [1.54, 1.807) is 0 Å². The van der Waals surface area contributed by atoms with Gasteiger partial charge >= 0.3 is 0 Å². The van der Waals surface area contributed by atoms with Crippen LogP contribution in [-0.2, 0) is 11.3 Å². The van der Waals surface area contributed by atoms with Gasteiger partial charge in [-0.2, -0.15) is 0 Å². The number of nitrogens with two attached hydrogens (primary N) is 1. The maximum atomic E-state index is 11.5. The number of nitrogens with one attached hydrogen (secondary N) is 1. The molecule has 0 aromatic heterocycles. The van der Waals surface area contributed by atoms with E-state index in [-0.39, 0.29) is 18.3 Å². The van der Waals surface area contributed by atoms with Gasteiger partial charge in [0.25, 0.3) is 0 Å². The van der Waals surface area contributed by atoms with Crippen LogP contribution in [0, 0.1) is 6.92 Å². The predicted octanol–water partition coefficient (Wildman–Crippen LogP) is 2.95. The Hall–Kier alpha value is -1.26. The fourth-order valence-electron chi connectivity index (χ4n) is 1.89. The number of halogens is 1. The largest absolute Gasteiger partial charge is 0.493 e. The minimum atomic E-state index is -0.0231. The van der Waals surface area contributed by atoms with Crippen LogP contribution in [0.2, 0.25) is 0 Å². The molecule has 0 heterocycles. The first-order valence-corrected chi connectivity index (χ1v) is 7.36. The van der Waals surface area contributed by atoms with Crippen molar-refractivity contribution in [3.63, 3.8) is 0 Å². The lowest BCUT2D eigenvalue weighted by Gasteiger charge is -2.13. The maximum Gasteiger partial charge on any atom is 0.221 e. The number of hydrogen-bond donors (Lipinski definition) is 2. The highest BCUT2D eigenvalue weighted by Gasteiger charge is 2.06. The van der Waals surface area contributed by atoms with Crippen LogP contribution in [0.25, 0.3) is 0 Å². The van der Waals surface area contributed by atoms with Crippen molar-refractivity contribution >= 4 is 18.3 Å². The maximum absolute atomic E-state index is 11.5. The van der Waals surface area contributed by atoms with Gasteiger partial charge in [0.15, 0.2) is 0 Å². The van der Waals surface area contributed by atoms with Crippen molar-refractivity contribution in [1.82, 2.24) is 5.32 Å². The zero-order valence-electron chi connectivity index (χ0n) is 13.0. The standard InChI is InChI=1S/C16H26N2O2.ClH/c1-3-4-5-10-20-15-11-13(2)6-7-14(15)12-18-16(19)8-9-17;/h6-7,11H,3-5,8-10,12,17H2,1-2H3,(H,18,19);1H. The second-order valence-corrected chi connectivity index (χ2v) is 4.98. The second kappa shape index (κ2) is 11.4. The van der Waals surface area contributed by atoms with E-state index in [2.05, 4.69) is 12.2 Å². The summed E-state index contributed by atoms with van der Waals surface area (Å²) in [6.45, 7) is 5.80. The van der Waals surface area contributed by atoms with E-state index in [0.717, 1.165) is 29.9 Å². The van der Waals surface area contributed by atoms with E-state index in [1.165, 1.54) is 12.8 Å². The number of amides is 1. The molecule has 120 valence electrons. The fraction of sp³-hybridized carbons (Fsp3) is 0.562. The number of benzene rings is 1. The molecule has 0 atom stereocenters. The van der Waals surface area contributed by atoms with Crippen LogP contribution >= 0.6 is 12.4 Å². The van der Waals surface area contributed by atoms with Crippen molar-refractivity contribution in [2.75, 3.05) is 13.2 Å². The minimum absolute atomic E-state index is 0. The Balaban J connectivity index is 0.00000400. The van der Waals surface area contributed by atoms with Gasteiger partial charge in [-0.25, -0.2) is 0 Å². The molecule has 3 N–H and O–H groups in total. The topological polar surface area (TPSA) is 64.3 Å². The van der Waals surface area contributed by atoms with Gasteiger partial charge in [-0.05, 0) is 25.0 Å². The van der Waals surface area contributed by atoms with Crippen LogP contribution in [0.3, 0.4) is 0 Å². The van der Waals surface area contributed by atoms with Crippen molar-refractivity contribution in [2.45, 2.75) is 46.1 Å². The molecular weight excluding hydrogens is 288 g/mol. The number of carbonyl (C=O) groups excluding carboxylic acids is 1. The quantitative estimate of drug-likeness (QED) is 0.689. The molecule has 0 bridgehead atoms. The first-order valence-electron chi connectivity index (χ1n) is 7.36. The van der Waals surface area contributed by atoms with Crippen LogP contribution in [0.5, 0.6) is 5.75 Å². The van der Waals surface area contributed by atoms with E-state index < -0.39 is 0 Å². The van der Waals surface area contributed by atoms with Crippen LogP contribution < -0.4 is 15.8 Å². The van der Waals surface area contributed by atoms with Crippen molar-refractivity contribution in [3.8, 4) is 5.75 Å². The van der Waals surface area contributed by atoms with Crippen molar-refractivity contribution < 1.29 is 9.53 Å². The van der Waals surface area contributed by atoms with Crippen molar-refractivity contribution in [3.05, 3.63) is 29.3 Å². The van der Waals surface area contributed by atoms with E-state index >= 15 is 0 Å². The van der Waals surface area contributed by atoms with E-state index in [4.69, 9.17) is 10.5 Å². The predicted molar refractivity (Wildman–Crippen MR) is 89.0 cm³/mol. The van der Waals surface area contributed by atoms with Gasteiger partial charge in [0.1, 0.15) is 5.75 Å². The molecule has 21 heavy (non-hydrogen) atoms. The summed E-state index contributed by atoms with van der Waals surface area (Å²) < 4.78 is 5.84. The van der Waals surface area contributed by atoms with Gasteiger partial charge in [-0.1, -0.05) is 31.9 Å². The number of hydrogen-bond acceptors (Lipinski definition) is 3. The SMILES string of the molecule is CCCCCOc1cc(C)ccc1CNC(=O)CCN.Cl. The summed E-state index contributed by atoms with van der Waals surface area (Å²) in [5.74, 6) is 0.846. The molecule has 1 amide bonds. The third kappa shape index (κ3) is 7.93. The molecule has 0 spiro atoms. The summed E-state index contributed by atoms with van der Waals surface area (Å²) in [6, 6.07) is 6.06. The van der Waals surface area contributed by atoms with Gasteiger partial charge in [-0.15, -0.1) is 12.4 Å². The molecule has 0 aliphatic carbocycles. The highest BCUT2D eigenvalue weighted by molar-refractivity contribution is 5.85. The average molecular weight is 315 g/mol. The molecule has 0 radical (unpaired) electrons. The van der Waals surface area contributed by atoms with E-state index in [1.807, 2.05) is 25.1 Å². The number of ether oxygens (including phenoxy) is 1. The normalized spacial score (nSPS) is 9.86. The number of unbranched alkanes of at least 4 members (excludes halogenated alkanes) is 2. The molecule has 1 aromatic rings. The van der Waals surface area contributed by atoms with Gasteiger partial charge in [0.05, 0.1) is 6.61 Å². The molecule has 0 aliphatic heterocycles. The summed E-state index contributed by atoms with van der Waals surface area (Å²) in [4.78, 5) is 11.5. The highest BCUT2D eigenvalue weighted by atomic mass is 35.5. The third-order valence-corrected chi connectivity index (χ3v) is 3.08. The lowest BCUT2D eigenvalue weighted by Crippen LogP contribution is -2.25. The summed E-state index contributed by atoms with van der Waals surface area (Å²) in [7, 11) is 0. The van der Waals surface area contributed by atoms with E-state index in [0.29, 0.717) is 19.5 Å². The Bertz CT molecular complexity index is 425. The zero-order valence-corrected chi connectivity index (χ0v) is 13.8. The molecule has 1 rings (SSSR count). The smallest absolute Gasteiger partial charge is 0.221 e. The molecule has 4 nitrogen and oxygen atoms in total. The van der Waals surface area contributed by atoms with Crippen LogP contribution in [0.1, 0.15) is 43.7 Å². The van der Waals surface area contributed by atoms with Crippen molar-refractivity contribution in [2.24, 2.45) is 5.73 Å². The highest BCUT2D eigenvalue weighted by Crippen LogP contribution is 2.20. The Morgan fingerprint density at radius 3 is 2.76 bits per heavy atom. The Labute approximate surface area is 133 Å². The van der Waals surface area contributed by atoms with Crippen molar-refractivity contribution in [1.29, 1.82) is 0 Å². The minimum Gasteiger partial charge on any atom is -0.493 e. The fourth-order valence-corrected chi connectivity index (χ4v) is 1.89. The van der Waals surface area contributed by atoms with Gasteiger partial charge in [0.2, 0.25) is 5.91 Å². The molecule has 0 aliphatic rings. The number of carbonyl (C=O) groups is 1. The average Bonchev–Trinajstić information content (AvgIpc) is 2.43. The Morgan fingerprint density at radius 1 is 1.33 bits per heavy atom.